The summed E-state index contributed by atoms with van der Waals surface area (Å²) < 4.78 is 27.0. The van der Waals surface area contributed by atoms with E-state index < -0.39 is 10.0 Å². The van der Waals surface area contributed by atoms with E-state index in [9.17, 15) is 13.2 Å². The highest BCUT2D eigenvalue weighted by Crippen LogP contribution is 2.32. The van der Waals surface area contributed by atoms with Crippen LogP contribution in [0, 0.1) is 0 Å². The Morgan fingerprint density at radius 2 is 1.62 bits per heavy atom. The predicted octanol–water partition coefficient (Wildman–Crippen LogP) is 1.78. The first-order valence-corrected chi connectivity index (χ1v) is 9.75. The summed E-state index contributed by atoms with van der Waals surface area (Å²) in [7, 11) is -0.347. The standard InChI is InChI=1S/C15H21Cl2N3O3S/c1-11(15(21)18(2)3)19-7-9-20(10-8-19)24(22,23)14-12(16)5-4-6-13(14)17/h4-6,11H,7-10H2,1-3H3/t11-/m1/s1. The second-order valence-corrected chi connectivity index (χ2v) is 8.59. The van der Waals surface area contributed by atoms with Crippen LogP contribution < -0.4 is 0 Å². The Morgan fingerprint density at radius 1 is 1.12 bits per heavy atom. The molecule has 1 aromatic carbocycles. The van der Waals surface area contributed by atoms with E-state index in [2.05, 4.69) is 0 Å². The Kier molecular flexibility index (Phi) is 6.14. The molecule has 9 heteroatoms. The number of benzene rings is 1. The number of likely N-dealkylation sites (N-methyl/N-ethyl adjacent to an activating group) is 1. The topological polar surface area (TPSA) is 60.9 Å². The SMILES string of the molecule is C[C@H](C(=O)N(C)C)N1CCN(S(=O)(=O)c2c(Cl)cccc2Cl)CC1. The molecule has 6 nitrogen and oxygen atoms in total. The van der Waals surface area contributed by atoms with Crippen LogP contribution in [0.15, 0.2) is 23.1 Å². The number of hydrogen-bond acceptors (Lipinski definition) is 4. The zero-order valence-corrected chi connectivity index (χ0v) is 16.2. The second kappa shape index (κ2) is 7.58. The summed E-state index contributed by atoms with van der Waals surface area (Å²) in [5.41, 5.74) is 0. The van der Waals surface area contributed by atoms with Crippen molar-refractivity contribution in [2.75, 3.05) is 40.3 Å². The van der Waals surface area contributed by atoms with Crippen LogP contribution in [0.2, 0.25) is 10.0 Å². The average molecular weight is 394 g/mol. The molecule has 1 aliphatic rings. The van der Waals surface area contributed by atoms with Crippen LogP contribution in [0.4, 0.5) is 0 Å². The molecule has 0 aromatic heterocycles. The molecule has 134 valence electrons. The van der Waals surface area contributed by atoms with Gasteiger partial charge in [-0.1, -0.05) is 29.3 Å². The van der Waals surface area contributed by atoms with E-state index in [1.807, 2.05) is 11.8 Å². The van der Waals surface area contributed by atoms with E-state index in [4.69, 9.17) is 23.2 Å². The molecule has 1 aliphatic heterocycles. The Morgan fingerprint density at radius 3 is 2.08 bits per heavy atom. The second-order valence-electron chi connectivity index (χ2n) is 5.90. The van der Waals surface area contributed by atoms with Crippen LogP contribution >= 0.6 is 23.2 Å². The van der Waals surface area contributed by atoms with Gasteiger partial charge in [0.15, 0.2) is 0 Å². The fourth-order valence-corrected chi connectivity index (χ4v) is 5.23. The molecule has 0 bridgehead atoms. The monoisotopic (exact) mass is 393 g/mol. The van der Waals surface area contributed by atoms with E-state index >= 15 is 0 Å². The molecular weight excluding hydrogens is 373 g/mol. The minimum Gasteiger partial charge on any atom is -0.347 e. The maximum Gasteiger partial charge on any atom is 0.246 e. The molecule has 1 amide bonds. The summed E-state index contributed by atoms with van der Waals surface area (Å²) in [5.74, 6) is 0.000422. The number of hydrogen-bond donors (Lipinski definition) is 0. The van der Waals surface area contributed by atoms with Gasteiger partial charge < -0.3 is 4.90 Å². The van der Waals surface area contributed by atoms with E-state index in [-0.39, 0.29) is 40.0 Å². The van der Waals surface area contributed by atoms with Crippen molar-refractivity contribution in [3.05, 3.63) is 28.2 Å². The molecule has 0 saturated carbocycles. The van der Waals surface area contributed by atoms with Crippen LogP contribution in [0.3, 0.4) is 0 Å². The molecule has 0 radical (unpaired) electrons. The van der Waals surface area contributed by atoms with Gasteiger partial charge in [-0.15, -0.1) is 0 Å². The van der Waals surface area contributed by atoms with Gasteiger partial charge in [-0.25, -0.2) is 8.42 Å². The lowest BCUT2D eigenvalue weighted by molar-refractivity contribution is -0.134. The fourth-order valence-electron chi connectivity index (χ4n) is 2.72. The lowest BCUT2D eigenvalue weighted by Crippen LogP contribution is -2.54. The average Bonchev–Trinajstić information content (AvgIpc) is 2.53. The minimum atomic E-state index is -3.76. The molecule has 1 heterocycles. The number of rotatable bonds is 4. The molecule has 2 rings (SSSR count). The van der Waals surface area contributed by atoms with Crippen LogP contribution in [-0.2, 0) is 14.8 Å². The van der Waals surface area contributed by atoms with Crippen LogP contribution in [-0.4, -0.2) is 74.7 Å². The van der Waals surface area contributed by atoms with Crippen molar-refractivity contribution in [3.8, 4) is 0 Å². The number of halogens is 2. The van der Waals surface area contributed by atoms with Crippen molar-refractivity contribution in [2.45, 2.75) is 17.9 Å². The highest BCUT2D eigenvalue weighted by Gasteiger charge is 2.34. The number of sulfonamides is 1. The molecule has 0 aliphatic carbocycles. The van der Waals surface area contributed by atoms with Gasteiger partial charge in [0.2, 0.25) is 15.9 Å². The minimum absolute atomic E-state index is 0.000422. The van der Waals surface area contributed by atoms with Gasteiger partial charge in [0.05, 0.1) is 16.1 Å². The maximum atomic E-state index is 12.8. The van der Waals surface area contributed by atoms with Crippen LogP contribution in [0.25, 0.3) is 0 Å². The number of piperazine rings is 1. The zero-order chi connectivity index (χ0) is 18.1. The lowest BCUT2D eigenvalue weighted by atomic mass is 10.2. The summed E-state index contributed by atoms with van der Waals surface area (Å²) in [5, 5.41) is 0.224. The van der Waals surface area contributed by atoms with E-state index in [1.54, 1.807) is 20.2 Å². The molecule has 1 atom stereocenters. The van der Waals surface area contributed by atoms with Gasteiger partial charge in [0, 0.05) is 40.3 Å². The summed E-state index contributed by atoms with van der Waals surface area (Å²) in [4.78, 5) is 15.5. The van der Waals surface area contributed by atoms with Crippen LogP contribution in [0.1, 0.15) is 6.92 Å². The third kappa shape index (κ3) is 3.86. The molecular formula is C15H21Cl2N3O3S. The summed E-state index contributed by atoms with van der Waals surface area (Å²) in [6, 6.07) is 4.34. The van der Waals surface area contributed by atoms with Crippen LogP contribution in [0.5, 0.6) is 0 Å². The Hall–Kier alpha value is -0.860. The number of carbonyl (C=O) groups excluding carboxylic acids is 1. The highest BCUT2D eigenvalue weighted by atomic mass is 35.5. The molecule has 1 fully saturated rings. The highest BCUT2D eigenvalue weighted by molar-refractivity contribution is 7.89. The third-order valence-corrected chi connectivity index (χ3v) is 6.99. The predicted molar refractivity (Wildman–Crippen MR) is 94.9 cm³/mol. The quantitative estimate of drug-likeness (QED) is 0.781. The third-order valence-electron chi connectivity index (χ3n) is 4.14. The molecule has 1 saturated heterocycles. The van der Waals surface area contributed by atoms with Gasteiger partial charge in [0.25, 0.3) is 0 Å². The van der Waals surface area contributed by atoms with Gasteiger partial charge in [-0.05, 0) is 19.1 Å². The first-order chi connectivity index (χ1) is 11.2. The number of amides is 1. The maximum absolute atomic E-state index is 12.8. The smallest absolute Gasteiger partial charge is 0.246 e. The van der Waals surface area contributed by atoms with Crippen molar-refractivity contribution < 1.29 is 13.2 Å². The first-order valence-electron chi connectivity index (χ1n) is 7.55. The molecule has 24 heavy (non-hydrogen) atoms. The van der Waals surface area contributed by atoms with Crippen molar-refractivity contribution >= 4 is 39.1 Å². The van der Waals surface area contributed by atoms with Gasteiger partial charge in [-0.3, -0.25) is 9.69 Å². The molecule has 0 spiro atoms. The van der Waals surface area contributed by atoms with Gasteiger partial charge in [-0.2, -0.15) is 4.31 Å². The Labute approximate surface area is 153 Å². The van der Waals surface area contributed by atoms with Crippen molar-refractivity contribution in [2.24, 2.45) is 0 Å². The van der Waals surface area contributed by atoms with Gasteiger partial charge in [0.1, 0.15) is 4.90 Å². The number of carbonyl (C=O) groups is 1. The molecule has 0 N–H and O–H groups in total. The van der Waals surface area contributed by atoms with Crippen molar-refractivity contribution in [3.63, 3.8) is 0 Å². The van der Waals surface area contributed by atoms with E-state index in [1.165, 1.54) is 21.3 Å². The Balaban J connectivity index is 2.13. The van der Waals surface area contributed by atoms with E-state index in [0.717, 1.165) is 0 Å². The van der Waals surface area contributed by atoms with E-state index in [0.29, 0.717) is 13.1 Å². The van der Waals surface area contributed by atoms with Crippen molar-refractivity contribution in [1.82, 2.24) is 14.1 Å². The first kappa shape index (κ1) is 19.5. The fraction of sp³-hybridized carbons (Fsp3) is 0.533. The normalized spacial score (nSPS) is 18.4. The number of nitrogens with zero attached hydrogens (tertiary/aromatic N) is 3. The molecule has 0 unspecified atom stereocenters. The van der Waals surface area contributed by atoms with Crippen molar-refractivity contribution in [1.29, 1.82) is 0 Å². The largest absolute Gasteiger partial charge is 0.347 e. The summed E-state index contributed by atoms with van der Waals surface area (Å²) in [6.07, 6.45) is 0. The Bertz CT molecular complexity index is 696. The molecule has 1 aromatic rings. The van der Waals surface area contributed by atoms with Gasteiger partial charge >= 0.3 is 0 Å². The summed E-state index contributed by atoms with van der Waals surface area (Å²) in [6.45, 7) is 3.35. The zero-order valence-electron chi connectivity index (χ0n) is 13.9. The lowest BCUT2D eigenvalue weighted by Gasteiger charge is -2.37. The summed E-state index contributed by atoms with van der Waals surface area (Å²) >= 11 is 12.1.